The van der Waals surface area contributed by atoms with Gasteiger partial charge >= 0.3 is 0 Å². The van der Waals surface area contributed by atoms with Crippen LogP contribution in [0.4, 0.5) is 0 Å². The minimum Gasteiger partial charge on any atom is -0.298 e. The van der Waals surface area contributed by atoms with Crippen LogP contribution in [-0.2, 0) is 5.11 Å². The number of likely N-dealkylation sites (tertiary alicyclic amines) is 1. The van der Waals surface area contributed by atoms with Crippen molar-refractivity contribution in [1.82, 2.24) is 4.90 Å². The summed E-state index contributed by atoms with van der Waals surface area (Å²) in [4.78, 5) is 2.27. The first-order valence-electron chi connectivity index (χ1n) is 3.73. The number of nitrogens with zero attached hydrogens (tertiary/aromatic N) is 1. The van der Waals surface area contributed by atoms with E-state index in [0.29, 0.717) is 0 Å². The van der Waals surface area contributed by atoms with Crippen LogP contribution in [0, 0.1) is 5.92 Å². The zero-order valence-corrected chi connectivity index (χ0v) is 5.55. The normalized spacial score (nSPS) is 30.3. The zero-order valence-electron chi connectivity index (χ0n) is 5.55. The molecule has 1 aliphatic heterocycles. The molecule has 2 heteroatoms. The molecule has 2 fully saturated rings. The van der Waals surface area contributed by atoms with Crippen molar-refractivity contribution in [2.24, 2.45) is 5.92 Å². The highest BCUT2D eigenvalue weighted by atomic mass is 16.3. The van der Waals surface area contributed by atoms with Gasteiger partial charge in [-0.05, 0) is 18.8 Å². The first kappa shape index (κ1) is 5.69. The second-order valence-corrected chi connectivity index (χ2v) is 3.28. The third kappa shape index (κ3) is 1.25. The van der Waals surface area contributed by atoms with E-state index >= 15 is 0 Å². The lowest BCUT2D eigenvalue weighted by Crippen LogP contribution is -2.50. The third-order valence-electron chi connectivity index (χ3n) is 2.14. The van der Waals surface area contributed by atoms with Crippen LogP contribution in [0.3, 0.4) is 0 Å². The smallest absolute Gasteiger partial charge is 0.118 e. The molecule has 0 aromatic carbocycles. The molecule has 0 N–H and O–H groups in total. The van der Waals surface area contributed by atoms with Gasteiger partial charge in [-0.15, -0.1) is 0 Å². The highest BCUT2D eigenvalue weighted by Crippen LogP contribution is 2.30. The average Bonchev–Trinajstić information content (AvgIpc) is 2.45. The first-order chi connectivity index (χ1) is 4.34. The van der Waals surface area contributed by atoms with Gasteiger partial charge in [0.05, 0.1) is 0 Å². The Balaban J connectivity index is 1.64. The minimum absolute atomic E-state index is 0.260. The molecule has 0 bridgehead atoms. The van der Waals surface area contributed by atoms with Crippen LogP contribution in [-0.4, -0.2) is 30.6 Å². The molecule has 2 aliphatic rings. The van der Waals surface area contributed by atoms with Crippen molar-refractivity contribution in [2.45, 2.75) is 18.9 Å². The highest BCUT2D eigenvalue weighted by molar-refractivity contribution is 4.84. The molecule has 9 heavy (non-hydrogen) atoms. The molecule has 0 spiro atoms. The number of hydrogen-bond acceptors (Lipinski definition) is 1. The fourth-order valence-corrected chi connectivity index (χ4v) is 1.34. The lowest BCUT2D eigenvalue weighted by atomic mass is 10.1. The van der Waals surface area contributed by atoms with Gasteiger partial charge in [0.15, 0.2) is 0 Å². The van der Waals surface area contributed by atoms with Crippen LogP contribution < -0.4 is 0 Å². The van der Waals surface area contributed by atoms with Gasteiger partial charge in [0.2, 0.25) is 0 Å². The van der Waals surface area contributed by atoms with E-state index in [9.17, 15) is 5.11 Å². The minimum atomic E-state index is -0.260. The molecule has 2 rings (SSSR count). The van der Waals surface area contributed by atoms with Gasteiger partial charge in [0, 0.05) is 19.6 Å². The van der Waals surface area contributed by atoms with Crippen molar-refractivity contribution in [2.75, 3.05) is 19.6 Å². The quantitative estimate of drug-likeness (QED) is 0.528. The van der Waals surface area contributed by atoms with Crippen molar-refractivity contribution in [1.29, 1.82) is 0 Å². The lowest BCUT2D eigenvalue weighted by Gasteiger charge is -2.34. The summed E-state index contributed by atoms with van der Waals surface area (Å²) in [6.45, 7) is 2.84. The van der Waals surface area contributed by atoms with Crippen LogP contribution in [0.1, 0.15) is 12.8 Å². The maximum atomic E-state index is 10.6. The van der Waals surface area contributed by atoms with Gasteiger partial charge in [-0.1, -0.05) is 0 Å². The second-order valence-electron chi connectivity index (χ2n) is 3.28. The van der Waals surface area contributed by atoms with Gasteiger partial charge in [-0.2, -0.15) is 0 Å². The Bertz CT molecular complexity index is 105. The molecule has 0 atom stereocenters. The number of rotatable bonds is 2. The molecule has 1 aliphatic carbocycles. The van der Waals surface area contributed by atoms with Crippen molar-refractivity contribution in [3.8, 4) is 0 Å². The Morgan fingerprint density at radius 1 is 1.33 bits per heavy atom. The number of hydrogen-bond donors (Lipinski definition) is 0. The Morgan fingerprint density at radius 3 is 2.44 bits per heavy atom. The molecule has 1 heterocycles. The van der Waals surface area contributed by atoms with Crippen LogP contribution in [0.25, 0.3) is 0 Å². The first-order valence-corrected chi connectivity index (χ1v) is 3.73. The van der Waals surface area contributed by atoms with E-state index in [4.69, 9.17) is 0 Å². The molecule has 2 nitrogen and oxygen atoms in total. The summed E-state index contributed by atoms with van der Waals surface area (Å²) in [5.41, 5.74) is 0. The summed E-state index contributed by atoms with van der Waals surface area (Å²) in [6.07, 6.45) is 2.55. The Hall–Kier alpha value is -0.0800. The highest BCUT2D eigenvalue weighted by Gasteiger charge is 2.31. The Kier molecular flexibility index (Phi) is 1.24. The van der Waals surface area contributed by atoms with Crippen LogP contribution in [0.5, 0.6) is 0 Å². The standard InChI is InChI=1S/C7H12NO/c9-7-4-8(5-7)3-6-1-2-6/h6-7H,1-5H2. The lowest BCUT2D eigenvalue weighted by molar-refractivity contribution is -0.0451. The molecule has 1 saturated heterocycles. The topological polar surface area (TPSA) is 23.1 Å². The largest absolute Gasteiger partial charge is 0.298 e. The average molecular weight is 126 g/mol. The predicted molar refractivity (Wildman–Crippen MR) is 33.6 cm³/mol. The van der Waals surface area contributed by atoms with E-state index in [0.717, 1.165) is 19.0 Å². The van der Waals surface area contributed by atoms with E-state index in [2.05, 4.69) is 4.90 Å². The zero-order chi connectivity index (χ0) is 6.27. The summed E-state index contributed by atoms with van der Waals surface area (Å²) >= 11 is 0. The molecular weight excluding hydrogens is 114 g/mol. The van der Waals surface area contributed by atoms with Gasteiger partial charge in [0.25, 0.3) is 0 Å². The summed E-state index contributed by atoms with van der Waals surface area (Å²) in [5, 5.41) is 10.6. The molecule has 1 saturated carbocycles. The summed E-state index contributed by atoms with van der Waals surface area (Å²) in [6, 6.07) is 0. The Morgan fingerprint density at radius 2 is 2.00 bits per heavy atom. The summed E-state index contributed by atoms with van der Waals surface area (Å²) < 4.78 is 0. The molecule has 1 radical (unpaired) electrons. The third-order valence-corrected chi connectivity index (χ3v) is 2.14. The molecule has 0 aromatic rings. The van der Waals surface area contributed by atoms with E-state index in [1.54, 1.807) is 0 Å². The SMILES string of the molecule is [O]C1CN(CC2CC2)C1. The predicted octanol–water partition coefficient (Wildman–Crippen LogP) is 0.511. The van der Waals surface area contributed by atoms with Gasteiger partial charge < -0.3 is 0 Å². The van der Waals surface area contributed by atoms with E-state index in [1.807, 2.05) is 0 Å². The molecule has 0 amide bonds. The fourth-order valence-electron chi connectivity index (χ4n) is 1.34. The fraction of sp³-hybridized carbons (Fsp3) is 1.00. The molecular formula is C7H12NO. The molecule has 51 valence electrons. The molecule has 0 aromatic heterocycles. The van der Waals surface area contributed by atoms with Crippen molar-refractivity contribution in [3.63, 3.8) is 0 Å². The van der Waals surface area contributed by atoms with Gasteiger partial charge in [-0.25, -0.2) is 5.11 Å². The van der Waals surface area contributed by atoms with Crippen molar-refractivity contribution in [3.05, 3.63) is 0 Å². The summed E-state index contributed by atoms with van der Waals surface area (Å²) in [7, 11) is 0. The van der Waals surface area contributed by atoms with E-state index in [1.165, 1.54) is 19.4 Å². The van der Waals surface area contributed by atoms with Crippen LogP contribution in [0.15, 0.2) is 0 Å². The summed E-state index contributed by atoms with van der Waals surface area (Å²) in [5.74, 6) is 0.956. The maximum Gasteiger partial charge on any atom is 0.118 e. The maximum absolute atomic E-state index is 10.6. The Labute approximate surface area is 55.5 Å². The van der Waals surface area contributed by atoms with Crippen LogP contribution in [0.2, 0.25) is 0 Å². The van der Waals surface area contributed by atoms with Crippen LogP contribution >= 0.6 is 0 Å². The van der Waals surface area contributed by atoms with Crippen molar-refractivity contribution >= 4 is 0 Å². The second kappa shape index (κ2) is 1.96. The monoisotopic (exact) mass is 126 g/mol. The van der Waals surface area contributed by atoms with E-state index < -0.39 is 0 Å². The molecule has 0 unspecified atom stereocenters. The van der Waals surface area contributed by atoms with Crippen molar-refractivity contribution < 1.29 is 5.11 Å². The van der Waals surface area contributed by atoms with Gasteiger partial charge in [0.1, 0.15) is 6.10 Å². The van der Waals surface area contributed by atoms with Gasteiger partial charge in [-0.3, -0.25) is 4.90 Å². The van der Waals surface area contributed by atoms with E-state index in [-0.39, 0.29) is 6.10 Å².